The second kappa shape index (κ2) is 6.82. The van der Waals surface area contributed by atoms with Crippen LogP contribution >= 0.6 is 11.3 Å². The van der Waals surface area contributed by atoms with Crippen LogP contribution in [0.1, 0.15) is 5.01 Å². The summed E-state index contributed by atoms with van der Waals surface area (Å²) in [7, 11) is 4.06. The number of aldehydes is 1. The number of hydrogen-bond donors (Lipinski definition) is 0. The maximum atomic E-state index is 10.1. The van der Waals surface area contributed by atoms with Crippen molar-refractivity contribution in [3.8, 4) is 0 Å². The first-order valence-electron chi connectivity index (χ1n) is 6.24. The average molecular weight is 284 g/mol. The van der Waals surface area contributed by atoms with Crippen LogP contribution in [0.5, 0.6) is 0 Å². The number of carbonyl (C=O) groups is 1. The van der Waals surface area contributed by atoms with Gasteiger partial charge in [-0.25, -0.2) is 4.98 Å². The van der Waals surface area contributed by atoms with Crippen LogP contribution < -0.4 is 4.90 Å². The molecule has 4 heteroatoms. The molecule has 0 spiro atoms. The summed E-state index contributed by atoms with van der Waals surface area (Å²) >= 11 is 1.66. The van der Waals surface area contributed by atoms with Gasteiger partial charge in [-0.1, -0.05) is 24.3 Å². The van der Waals surface area contributed by atoms with Crippen molar-refractivity contribution in [3.63, 3.8) is 0 Å². The molecule has 0 unspecified atom stereocenters. The number of aromatic nitrogens is 1. The minimum Gasteiger partial charge on any atom is -0.378 e. The van der Waals surface area contributed by atoms with E-state index in [9.17, 15) is 4.79 Å². The van der Waals surface area contributed by atoms with Crippen molar-refractivity contribution in [2.45, 2.75) is 0 Å². The molecule has 0 amide bonds. The maximum absolute atomic E-state index is 10.1. The summed E-state index contributed by atoms with van der Waals surface area (Å²) in [6, 6.07) is 6.26. The Morgan fingerprint density at radius 3 is 2.60 bits per heavy atom. The molecule has 0 aliphatic heterocycles. The van der Waals surface area contributed by atoms with Crippen molar-refractivity contribution in [2.24, 2.45) is 0 Å². The van der Waals surface area contributed by atoms with Crippen LogP contribution in [-0.2, 0) is 4.79 Å². The molecule has 20 heavy (non-hydrogen) atoms. The molecule has 0 aliphatic rings. The van der Waals surface area contributed by atoms with E-state index in [1.54, 1.807) is 17.4 Å². The molecule has 0 N–H and O–H groups in total. The van der Waals surface area contributed by atoms with Crippen molar-refractivity contribution in [2.75, 3.05) is 19.0 Å². The fraction of sp³-hybridized carbons (Fsp3) is 0.125. The van der Waals surface area contributed by atoms with Gasteiger partial charge < -0.3 is 4.90 Å². The quantitative estimate of drug-likeness (QED) is 0.477. The molecule has 0 saturated carbocycles. The summed E-state index contributed by atoms with van der Waals surface area (Å²) < 4.78 is 1.18. The van der Waals surface area contributed by atoms with Gasteiger partial charge in [0, 0.05) is 19.8 Å². The fourth-order valence-electron chi connectivity index (χ4n) is 1.66. The molecule has 0 fully saturated rings. The second-order valence-corrected chi connectivity index (χ2v) is 5.43. The number of fused-ring (bicyclic) bond motifs is 1. The number of carbonyl (C=O) groups excluding carboxylic acids is 1. The summed E-state index contributed by atoms with van der Waals surface area (Å²) in [6.45, 7) is 0. The highest BCUT2D eigenvalue weighted by Crippen LogP contribution is 2.26. The largest absolute Gasteiger partial charge is 0.378 e. The Kier molecular flexibility index (Phi) is 4.85. The van der Waals surface area contributed by atoms with Crippen LogP contribution in [-0.4, -0.2) is 25.4 Å². The van der Waals surface area contributed by atoms with Crippen molar-refractivity contribution in [1.82, 2.24) is 4.98 Å². The number of rotatable bonds is 5. The first kappa shape index (κ1) is 14.2. The van der Waals surface area contributed by atoms with Crippen LogP contribution in [0, 0.1) is 0 Å². The Hall–Kier alpha value is -2.20. The number of anilines is 1. The van der Waals surface area contributed by atoms with Crippen LogP contribution in [0.3, 0.4) is 0 Å². The van der Waals surface area contributed by atoms with E-state index in [0.29, 0.717) is 0 Å². The molecular weight excluding hydrogens is 268 g/mol. The number of allylic oxidation sites excluding steroid dienone is 5. The predicted octanol–water partition coefficient (Wildman–Crippen LogP) is 3.69. The lowest BCUT2D eigenvalue weighted by Gasteiger charge is -2.11. The number of benzene rings is 1. The molecule has 0 atom stereocenters. The van der Waals surface area contributed by atoms with Crippen LogP contribution in [0.2, 0.25) is 0 Å². The molecule has 2 aromatic rings. The Bertz CT molecular complexity index is 681. The van der Waals surface area contributed by atoms with Gasteiger partial charge in [-0.15, -0.1) is 11.3 Å². The van der Waals surface area contributed by atoms with Gasteiger partial charge in [0.15, 0.2) is 0 Å². The normalized spacial score (nSPS) is 12.1. The monoisotopic (exact) mass is 284 g/mol. The topological polar surface area (TPSA) is 33.2 Å². The lowest BCUT2D eigenvalue weighted by Crippen LogP contribution is -2.07. The summed E-state index contributed by atoms with van der Waals surface area (Å²) in [5.74, 6) is 0. The fourth-order valence-corrected chi connectivity index (χ4v) is 2.57. The van der Waals surface area contributed by atoms with Gasteiger partial charge in [0.1, 0.15) is 11.3 Å². The van der Waals surface area contributed by atoms with Gasteiger partial charge in [-0.2, -0.15) is 0 Å². The minimum absolute atomic E-state index is 0.754. The summed E-state index contributed by atoms with van der Waals surface area (Å²) in [5, 5.41) is 0.972. The third kappa shape index (κ3) is 3.65. The molecule has 3 nitrogen and oxygen atoms in total. The molecule has 2 rings (SSSR count). The Balaban J connectivity index is 2.15. The summed E-state index contributed by atoms with van der Waals surface area (Å²) in [4.78, 5) is 16.7. The first-order chi connectivity index (χ1) is 9.70. The Labute approximate surface area is 122 Å². The van der Waals surface area contributed by atoms with Crippen LogP contribution in [0.25, 0.3) is 16.3 Å². The molecule has 0 bridgehead atoms. The number of thiazole rings is 1. The molecular formula is C16H16N2OS. The highest BCUT2D eigenvalue weighted by Gasteiger charge is 2.03. The lowest BCUT2D eigenvalue weighted by molar-refractivity contribution is -0.104. The van der Waals surface area contributed by atoms with Gasteiger partial charge in [-0.05, 0) is 30.4 Å². The van der Waals surface area contributed by atoms with Crippen molar-refractivity contribution in [1.29, 1.82) is 0 Å². The van der Waals surface area contributed by atoms with E-state index in [1.165, 1.54) is 16.5 Å². The van der Waals surface area contributed by atoms with E-state index in [4.69, 9.17) is 0 Å². The second-order valence-electron chi connectivity index (χ2n) is 4.36. The van der Waals surface area contributed by atoms with Crippen LogP contribution in [0.4, 0.5) is 5.69 Å². The predicted molar refractivity (Wildman–Crippen MR) is 87.3 cm³/mol. The highest BCUT2D eigenvalue weighted by molar-refractivity contribution is 7.19. The third-order valence-corrected chi connectivity index (χ3v) is 3.65. The Morgan fingerprint density at radius 2 is 1.85 bits per heavy atom. The lowest BCUT2D eigenvalue weighted by atomic mass is 10.3. The van der Waals surface area contributed by atoms with Crippen molar-refractivity contribution in [3.05, 3.63) is 53.6 Å². The van der Waals surface area contributed by atoms with E-state index in [2.05, 4.69) is 22.0 Å². The zero-order chi connectivity index (χ0) is 14.4. The van der Waals surface area contributed by atoms with Gasteiger partial charge >= 0.3 is 0 Å². The van der Waals surface area contributed by atoms with Crippen molar-refractivity contribution < 1.29 is 4.79 Å². The van der Waals surface area contributed by atoms with E-state index in [0.717, 1.165) is 16.8 Å². The van der Waals surface area contributed by atoms with Gasteiger partial charge in [0.25, 0.3) is 0 Å². The number of nitrogens with zero attached hydrogens (tertiary/aromatic N) is 2. The van der Waals surface area contributed by atoms with Gasteiger partial charge in [-0.3, -0.25) is 4.79 Å². The van der Waals surface area contributed by atoms with Crippen LogP contribution in [0.15, 0.2) is 48.6 Å². The first-order valence-corrected chi connectivity index (χ1v) is 7.05. The van der Waals surface area contributed by atoms with E-state index >= 15 is 0 Å². The zero-order valence-corrected chi connectivity index (χ0v) is 12.3. The summed E-state index contributed by atoms with van der Waals surface area (Å²) in [5.41, 5.74) is 2.20. The smallest absolute Gasteiger partial charge is 0.142 e. The van der Waals surface area contributed by atoms with E-state index in [-0.39, 0.29) is 0 Å². The number of hydrogen-bond acceptors (Lipinski definition) is 4. The molecule has 0 saturated heterocycles. The third-order valence-electron chi connectivity index (χ3n) is 2.67. The van der Waals surface area contributed by atoms with Crippen molar-refractivity contribution >= 4 is 39.6 Å². The van der Waals surface area contributed by atoms with Gasteiger partial charge in [0.2, 0.25) is 0 Å². The van der Waals surface area contributed by atoms with E-state index < -0.39 is 0 Å². The zero-order valence-electron chi connectivity index (χ0n) is 11.5. The molecule has 0 aliphatic carbocycles. The SMILES string of the molecule is CN(C)c1ccc2nc(C=CC=CC=CC=O)sc2c1. The Morgan fingerprint density at radius 1 is 1.10 bits per heavy atom. The minimum atomic E-state index is 0.754. The molecule has 1 heterocycles. The standard InChI is InChI=1S/C16H16N2OS/c1-18(2)13-9-10-14-15(12-13)20-16(17-14)8-6-4-3-5-7-11-19/h3-12H,1-2H3. The molecule has 1 aromatic heterocycles. The highest BCUT2D eigenvalue weighted by atomic mass is 32.1. The average Bonchev–Trinajstić information content (AvgIpc) is 2.84. The molecule has 1 aromatic carbocycles. The van der Waals surface area contributed by atoms with E-state index in [1.807, 2.05) is 44.5 Å². The summed E-state index contributed by atoms with van der Waals surface area (Å²) in [6.07, 6.45) is 11.5. The molecule has 0 radical (unpaired) electrons. The molecule has 102 valence electrons. The maximum Gasteiger partial charge on any atom is 0.142 e. The van der Waals surface area contributed by atoms with Gasteiger partial charge in [0.05, 0.1) is 10.2 Å².